The minimum atomic E-state index is -3.43. The zero-order valence-corrected chi connectivity index (χ0v) is 17.6. The molecule has 7 nitrogen and oxygen atoms in total. The lowest BCUT2D eigenvalue weighted by Gasteiger charge is -2.40. The Labute approximate surface area is 157 Å². The third kappa shape index (κ3) is 5.86. The average molecular weight is 391 g/mol. The van der Waals surface area contributed by atoms with Crippen molar-refractivity contribution in [3.63, 3.8) is 0 Å². The largest absolute Gasteiger partial charge is 0.480 e. The van der Waals surface area contributed by atoms with Crippen LogP contribution in [0.4, 0.5) is 4.79 Å². The van der Waals surface area contributed by atoms with Crippen LogP contribution in [-0.4, -0.2) is 47.6 Å². The number of nitrogens with one attached hydrogen (secondary N) is 2. The van der Waals surface area contributed by atoms with Gasteiger partial charge in [-0.15, -0.1) is 0 Å². The molecule has 2 amide bonds. The maximum absolute atomic E-state index is 12.7. The highest BCUT2D eigenvalue weighted by Crippen LogP contribution is 2.32. The molecule has 8 heteroatoms. The third-order valence-electron chi connectivity index (χ3n) is 4.98. The van der Waals surface area contributed by atoms with E-state index in [1.807, 2.05) is 0 Å². The summed E-state index contributed by atoms with van der Waals surface area (Å²) in [6, 6.07) is -1.69. The summed E-state index contributed by atoms with van der Waals surface area (Å²) >= 11 is 0. The SMILES string of the molecule is CC(C)(C)[C@H](NC(=O)NC1(CS(=O)(=O)C(C)(C)C)CCCCC1)C(=O)O. The van der Waals surface area contributed by atoms with Gasteiger partial charge in [0.25, 0.3) is 0 Å². The molecule has 0 aromatic heterocycles. The van der Waals surface area contributed by atoms with E-state index in [1.54, 1.807) is 41.5 Å². The second kappa shape index (κ2) is 7.74. The molecule has 0 aromatic rings. The molecule has 0 aromatic carbocycles. The van der Waals surface area contributed by atoms with Gasteiger partial charge in [0.05, 0.1) is 16.0 Å². The molecule has 1 atom stereocenters. The highest BCUT2D eigenvalue weighted by Gasteiger charge is 2.43. The number of sulfone groups is 1. The van der Waals surface area contributed by atoms with Crippen LogP contribution < -0.4 is 10.6 Å². The van der Waals surface area contributed by atoms with Gasteiger partial charge in [0.2, 0.25) is 0 Å². The Morgan fingerprint density at radius 3 is 1.92 bits per heavy atom. The number of carboxylic acids is 1. The van der Waals surface area contributed by atoms with Gasteiger partial charge in [0.15, 0.2) is 9.84 Å². The van der Waals surface area contributed by atoms with E-state index in [1.165, 1.54) is 0 Å². The van der Waals surface area contributed by atoms with Gasteiger partial charge in [-0.1, -0.05) is 40.0 Å². The summed E-state index contributed by atoms with van der Waals surface area (Å²) in [6.07, 6.45) is 3.81. The van der Waals surface area contributed by atoms with Crippen LogP contribution in [0, 0.1) is 5.41 Å². The molecule has 0 radical (unpaired) electrons. The first-order chi connectivity index (χ1) is 11.6. The Hall–Kier alpha value is -1.31. The fourth-order valence-electron chi connectivity index (χ4n) is 3.17. The Morgan fingerprint density at radius 2 is 1.54 bits per heavy atom. The third-order valence-corrected chi connectivity index (χ3v) is 7.78. The first-order valence-corrected chi connectivity index (χ1v) is 10.8. The standard InChI is InChI=1S/C18H34N2O5S/c1-16(2,3)13(14(21)22)19-15(23)20-18(10-8-7-9-11-18)12-26(24,25)17(4,5)6/h13H,7-12H2,1-6H3,(H,21,22)(H2,19,20,23)/t13-/m1/s1. The van der Waals surface area contributed by atoms with E-state index in [-0.39, 0.29) is 5.75 Å². The lowest BCUT2D eigenvalue weighted by Crippen LogP contribution is -2.61. The Bertz CT molecular complexity index is 623. The molecule has 0 unspecified atom stereocenters. The van der Waals surface area contributed by atoms with E-state index in [4.69, 9.17) is 0 Å². The monoisotopic (exact) mass is 390 g/mol. The van der Waals surface area contributed by atoms with Crippen LogP contribution in [0.5, 0.6) is 0 Å². The lowest BCUT2D eigenvalue weighted by molar-refractivity contribution is -0.141. The van der Waals surface area contributed by atoms with Crippen LogP contribution in [0.15, 0.2) is 0 Å². The molecule has 0 saturated heterocycles. The van der Waals surface area contributed by atoms with Gasteiger partial charge in [-0.05, 0) is 39.0 Å². The summed E-state index contributed by atoms with van der Waals surface area (Å²) in [5.74, 6) is -1.25. The zero-order valence-electron chi connectivity index (χ0n) is 16.8. The van der Waals surface area contributed by atoms with Crippen molar-refractivity contribution >= 4 is 21.8 Å². The van der Waals surface area contributed by atoms with E-state index in [0.717, 1.165) is 19.3 Å². The molecule has 1 aliphatic rings. The number of carboxylic acid groups (broad SMARTS) is 1. The number of carbonyl (C=O) groups is 2. The van der Waals surface area contributed by atoms with Crippen molar-refractivity contribution in [3.05, 3.63) is 0 Å². The van der Waals surface area contributed by atoms with Crippen LogP contribution in [0.3, 0.4) is 0 Å². The molecule has 1 rings (SSSR count). The Morgan fingerprint density at radius 1 is 1.04 bits per heavy atom. The Kier molecular flexibility index (Phi) is 6.77. The van der Waals surface area contributed by atoms with Crippen molar-refractivity contribution in [1.82, 2.24) is 10.6 Å². The molecule has 0 aliphatic heterocycles. The first kappa shape index (κ1) is 22.7. The maximum Gasteiger partial charge on any atom is 0.326 e. The summed E-state index contributed by atoms with van der Waals surface area (Å²) < 4.78 is 24.5. The number of hydrogen-bond acceptors (Lipinski definition) is 4. The lowest BCUT2D eigenvalue weighted by atomic mass is 9.83. The van der Waals surface area contributed by atoms with Gasteiger partial charge in [-0.25, -0.2) is 18.0 Å². The normalized spacial score (nSPS) is 19.5. The number of urea groups is 1. The summed E-state index contributed by atoms with van der Waals surface area (Å²) in [7, 11) is -3.43. The number of rotatable bonds is 5. The average Bonchev–Trinajstić information content (AvgIpc) is 2.42. The summed E-state index contributed by atoms with van der Waals surface area (Å²) in [4.78, 5) is 24.0. The van der Waals surface area contributed by atoms with Crippen LogP contribution in [-0.2, 0) is 14.6 Å². The van der Waals surface area contributed by atoms with E-state index in [2.05, 4.69) is 10.6 Å². The topological polar surface area (TPSA) is 113 Å². The number of amides is 2. The minimum absolute atomic E-state index is 0.135. The van der Waals surface area contributed by atoms with E-state index in [0.29, 0.717) is 12.8 Å². The van der Waals surface area contributed by atoms with Crippen molar-refractivity contribution in [2.75, 3.05) is 5.75 Å². The van der Waals surface area contributed by atoms with Crippen molar-refractivity contribution in [1.29, 1.82) is 0 Å². The van der Waals surface area contributed by atoms with Crippen molar-refractivity contribution in [2.45, 2.75) is 90.0 Å². The molecule has 1 saturated carbocycles. The number of hydrogen-bond donors (Lipinski definition) is 3. The number of carbonyl (C=O) groups excluding carboxylic acids is 1. The second-order valence-electron chi connectivity index (χ2n) is 9.45. The quantitative estimate of drug-likeness (QED) is 0.668. The summed E-state index contributed by atoms with van der Waals surface area (Å²) in [5.41, 5.74) is -1.52. The fraction of sp³-hybridized carbons (Fsp3) is 0.889. The van der Waals surface area contributed by atoms with Crippen LogP contribution in [0.25, 0.3) is 0 Å². The second-order valence-corrected chi connectivity index (χ2v) is 12.2. The predicted octanol–water partition coefficient (Wildman–Crippen LogP) is 2.70. The van der Waals surface area contributed by atoms with Crippen LogP contribution >= 0.6 is 0 Å². The molecular weight excluding hydrogens is 356 g/mol. The molecule has 0 spiro atoms. The summed E-state index contributed by atoms with van der Waals surface area (Å²) in [5, 5.41) is 14.7. The summed E-state index contributed by atoms with van der Waals surface area (Å²) in [6.45, 7) is 10.1. The van der Waals surface area contributed by atoms with E-state index in [9.17, 15) is 23.1 Å². The van der Waals surface area contributed by atoms with Crippen molar-refractivity contribution < 1.29 is 23.1 Å². The molecule has 152 valence electrons. The Balaban J connectivity index is 3.01. The van der Waals surface area contributed by atoms with Gasteiger partial charge in [-0.3, -0.25) is 0 Å². The molecule has 1 aliphatic carbocycles. The van der Waals surface area contributed by atoms with Gasteiger partial charge in [-0.2, -0.15) is 0 Å². The molecule has 1 fully saturated rings. The minimum Gasteiger partial charge on any atom is -0.480 e. The zero-order chi connectivity index (χ0) is 20.4. The maximum atomic E-state index is 12.7. The highest BCUT2D eigenvalue weighted by atomic mass is 32.2. The first-order valence-electron chi connectivity index (χ1n) is 9.13. The van der Waals surface area contributed by atoms with Crippen molar-refractivity contribution in [2.24, 2.45) is 5.41 Å². The van der Waals surface area contributed by atoms with Gasteiger partial charge in [0.1, 0.15) is 6.04 Å². The van der Waals surface area contributed by atoms with Crippen LogP contribution in [0.2, 0.25) is 0 Å². The predicted molar refractivity (Wildman–Crippen MR) is 102 cm³/mol. The van der Waals surface area contributed by atoms with E-state index >= 15 is 0 Å². The smallest absolute Gasteiger partial charge is 0.326 e. The molecule has 0 heterocycles. The van der Waals surface area contributed by atoms with Crippen LogP contribution in [0.1, 0.15) is 73.6 Å². The van der Waals surface area contributed by atoms with Gasteiger partial charge < -0.3 is 15.7 Å². The highest BCUT2D eigenvalue weighted by molar-refractivity contribution is 7.92. The molecular formula is C18H34N2O5S. The van der Waals surface area contributed by atoms with Crippen molar-refractivity contribution in [3.8, 4) is 0 Å². The van der Waals surface area contributed by atoms with E-state index < -0.39 is 43.6 Å². The fourth-order valence-corrected chi connectivity index (χ4v) is 4.69. The molecule has 26 heavy (non-hydrogen) atoms. The van der Waals surface area contributed by atoms with Gasteiger partial charge in [0, 0.05) is 0 Å². The molecule has 3 N–H and O–H groups in total. The molecule has 0 bridgehead atoms. The number of aliphatic carboxylic acids is 1. The van der Waals surface area contributed by atoms with Gasteiger partial charge >= 0.3 is 12.0 Å².